The third-order valence-corrected chi connectivity index (χ3v) is 5.31. The van der Waals surface area contributed by atoms with Crippen LogP contribution < -0.4 is 10.2 Å². The molecule has 0 saturated carbocycles. The number of nitrogens with one attached hydrogen (secondary N) is 1. The molecular weight excluding hydrogens is 350 g/mol. The van der Waals surface area contributed by atoms with Crippen molar-refractivity contribution in [3.63, 3.8) is 0 Å². The Bertz CT molecular complexity index is 726. The van der Waals surface area contributed by atoms with Gasteiger partial charge in [0.15, 0.2) is 0 Å². The molecule has 1 amide bonds. The highest BCUT2D eigenvalue weighted by molar-refractivity contribution is 5.76. The van der Waals surface area contributed by atoms with Gasteiger partial charge in [0.1, 0.15) is 0 Å². The number of piperazine rings is 1. The fourth-order valence-electron chi connectivity index (χ4n) is 3.33. The number of carbonyl (C=O) groups excluding carboxylic acids is 1. The van der Waals surface area contributed by atoms with Gasteiger partial charge in [0.05, 0.1) is 0 Å². The lowest BCUT2D eigenvalue weighted by Gasteiger charge is -2.34. The van der Waals surface area contributed by atoms with Crippen LogP contribution in [0, 0.1) is 0 Å². The average molecular weight is 382 g/mol. The molecule has 6 nitrogen and oxygen atoms in total. The fraction of sp³-hybridized carbons (Fsp3) is 0.455. The minimum atomic E-state index is 0.163. The molecule has 1 N–H and O–H groups in total. The summed E-state index contributed by atoms with van der Waals surface area (Å²) in [5.74, 6) is 0.163. The molecule has 150 valence electrons. The zero-order valence-electron chi connectivity index (χ0n) is 17.0. The molecule has 0 atom stereocenters. The van der Waals surface area contributed by atoms with Crippen LogP contribution in [0.5, 0.6) is 0 Å². The Labute approximate surface area is 168 Å². The Hall–Kier alpha value is -2.60. The Morgan fingerprint density at radius 2 is 1.75 bits per heavy atom. The number of rotatable bonds is 8. The second kappa shape index (κ2) is 10.1. The van der Waals surface area contributed by atoms with Gasteiger partial charge in [0.2, 0.25) is 5.91 Å². The summed E-state index contributed by atoms with van der Waals surface area (Å²) in [4.78, 5) is 22.9. The number of aromatic nitrogens is 1. The SMILES string of the molecule is CN1CCN(c2ccc(NCCC(=O)N(C)CCc3ccncc3)cc2)CC1. The van der Waals surface area contributed by atoms with Crippen LogP contribution in [0.1, 0.15) is 12.0 Å². The van der Waals surface area contributed by atoms with E-state index in [4.69, 9.17) is 0 Å². The second-order valence-electron chi connectivity index (χ2n) is 7.43. The van der Waals surface area contributed by atoms with Gasteiger partial charge in [-0.1, -0.05) is 0 Å². The second-order valence-corrected chi connectivity index (χ2v) is 7.43. The van der Waals surface area contributed by atoms with Crippen LogP contribution in [0.25, 0.3) is 0 Å². The van der Waals surface area contributed by atoms with E-state index in [1.165, 1.54) is 11.3 Å². The van der Waals surface area contributed by atoms with Gasteiger partial charge in [-0.15, -0.1) is 0 Å². The smallest absolute Gasteiger partial charge is 0.224 e. The van der Waals surface area contributed by atoms with Gasteiger partial charge in [-0.2, -0.15) is 0 Å². The number of benzene rings is 1. The number of amides is 1. The summed E-state index contributed by atoms with van der Waals surface area (Å²) in [7, 11) is 4.04. The molecule has 3 rings (SSSR count). The van der Waals surface area contributed by atoms with E-state index in [9.17, 15) is 4.79 Å². The number of carbonyl (C=O) groups is 1. The van der Waals surface area contributed by atoms with Crippen molar-refractivity contribution < 1.29 is 4.79 Å². The lowest BCUT2D eigenvalue weighted by atomic mass is 10.2. The maximum Gasteiger partial charge on any atom is 0.224 e. The fourth-order valence-corrected chi connectivity index (χ4v) is 3.33. The molecule has 6 heteroatoms. The van der Waals surface area contributed by atoms with E-state index in [1.54, 1.807) is 17.3 Å². The van der Waals surface area contributed by atoms with Crippen molar-refractivity contribution in [2.75, 3.05) is 63.6 Å². The predicted octanol–water partition coefficient (Wildman–Crippen LogP) is 2.34. The van der Waals surface area contributed by atoms with Crippen LogP contribution >= 0.6 is 0 Å². The number of nitrogens with zero attached hydrogens (tertiary/aromatic N) is 4. The van der Waals surface area contributed by atoms with Crippen LogP contribution in [0.3, 0.4) is 0 Å². The minimum absolute atomic E-state index is 0.163. The number of pyridine rings is 1. The van der Waals surface area contributed by atoms with Gasteiger partial charge in [-0.3, -0.25) is 9.78 Å². The number of likely N-dealkylation sites (N-methyl/N-ethyl adjacent to an activating group) is 2. The summed E-state index contributed by atoms with van der Waals surface area (Å²) in [6.07, 6.45) is 4.92. The Morgan fingerprint density at radius 3 is 2.43 bits per heavy atom. The molecule has 1 aliphatic rings. The molecule has 1 aromatic heterocycles. The highest BCUT2D eigenvalue weighted by Gasteiger charge is 2.14. The average Bonchev–Trinajstić information content (AvgIpc) is 2.74. The van der Waals surface area contributed by atoms with E-state index < -0.39 is 0 Å². The molecule has 1 aromatic carbocycles. The first-order chi connectivity index (χ1) is 13.6. The van der Waals surface area contributed by atoms with Crippen LogP contribution in [-0.2, 0) is 11.2 Å². The third kappa shape index (κ3) is 5.96. The van der Waals surface area contributed by atoms with E-state index >= 15 is 0 Å². The zero-order chi connectivity index (χ0) is 19.8. The first kappa shape index (κ1) is 20.1. The highest BCUT2D eigenvalue weighted by Crippen LogP contribution is 2.19. The molecule has 0 bridgehead atoms. The van der Waals surface area contributed by atoms with Gasteiger partial charge in [0, 0.05) is 76.5 Å². The normalized spacial score (nSPS) is 14.7. The van der Waals surface area contributed by atoms with Gasteiger partial charge in [-0.05, 0) is 55.4 Å². The summed E-state index contributed by atoms with van der Waals surface area (Å²) in [6, 6.07) is 12.5. The number of anilines is 2. The van der Waals surface area contributed by atoms with Crippen LogP contribution in [0.15, 0.2) is 48.8 Å². The monoisotopic (exact) mass is 381 g/mol. The molecule has 0 unspecified atom stereocenters. The van der Waals surface area contributed by atoms with Gasteiger partial charge < -0.3 is 20.0 Å². The molecule has 0 aliphatic carbocycles. The molecule has 28 heavy (non-hydrogen) atoms. The van der Waals surface area contributed by atoms with Gasteiger partial charge >= 0.3 is 0 Å². The Kier molecular flexibility index (Phi) is 7.25. The highest BCUT2D eigenvalue weighted by atomic mass is 16.2. The summed E-state index contributed by atoms with van der Waals surface area (Å²) in [5.41, 5.74) is 3.53. The summed E-state index contributed by atoms with van der Waals surface area (Å²) in [6.45, 7) is 5.73. The van der Waals surface area contributed by atoms with Crippen molar-refractivity contribution in [2.45, 2.75) is 12.8 Å². The topological polar surface area (TPSA) is 51.7 Å². The zero-order valence-corrected chi connectivity index (χ0v) is 17.0. The van der Waals surface area contributed by atoms with Gasteiger partial charge in [-0.25, -0.2) is 0 Å². The predicted molar refractivity (Wildman–Crippen MR) is 115 cm³/mol. The van der Waals surface area contributed by atoms with E-state index in [1.807, 2.05) is 19.2 Å². The summed E-state index contributed by atoms with van der Waals surface area (Å²) in [5, 5.41) is 3.36. The molecule has 1 fully saturated rings. The largest absolute Gasteiger partial charge is 0.385 e. The standard InChI is InChI=1S/C22H31N5O/c1-25-15-17-27(18-16-25)21-5-3-20(4-6-21)24-13-9-22(28)26(2)14-10-19-7-11-23-12-8-19/h3-8,11-12,24H,9-10,13-18H2,1-2H3. The lowest BCUT2D eigenvalue weighted by Crippen LogP contribution is -2.44. The molecule has 1 saturated heterocycles. The van der Waals surface area contributed by atoms with Crippen molar-refractivity contribution in [1.29, 1.82) is 0 Å². The van der Waals surface area contributed by atoms with Crippen LogP contribution in [0.2, 0.25) is 0 Å². The molecular formula is C22H31N5O. The van der Waals surface area contributed by atoms with E-state index in [0.29, 0.717) is 13.0 Å². The van der Waals surface area contributed by atoms with Crippen LogP contribution in [0.4, 0.5) is 11.4 Å². The van der Waals surface area contributed by atoms with Crippen molar-refractivity contribution in [3.8, 4) is 0 Å². The third-order valence-electron chi connectivity index (χ3n) is 5.31. The molecule has 1 aliphatic heterocycles. The first-order valence-corrected chi connectivity index (χ1v) is 10.0. The Balaban J connectivity index is 1.37. The van der Waals surface area contributed by atoms with Crippen molar-refractivity contribution in [2.24, 2.45) is 0 Å². The summed E-state index contributed by atoms with van der Waals surface area (Å²) < 4.78 is 0. The molecule has 0 spiro atoms. The summed E-state index contributed by atoms with van der Waals surface area (Å²) >= 11 is 0. The van der Waals surface area contributed by atoms with Crippen molar-refractivity contribution >= 4 is 17.3 Å². The van der Waals surface area contributed by atoms with E-state index in [2.05, 4.69) is 51.4 Å². The maximum absolute atomic E-state index is 12.3. The van der Waals surface area contributed by atoms with E-state index in [0.717, 1.165) is 44.8 Å². The first-order valence-electron chi connectivity index (χ1n) is 10.0. The van der Waals surface area contributed by atoms with Gasteiger partial charge in [0.25, 0.3) is 0 Å². The van der Waals surface area contributed by atoms with Crippen LogP contribution in [-0.4, -0.2) is 74.1 Å². The lowest BCUT2D eigenvalue weighted by molar-refractivity contribution is -0.129. The molecule has 2 heterocycles. The Morgan fingerprint density at radius 1 is 1.07 bits per heavy atom. The number of hydrogen-bond donors (Lipinski definition) is 1. The quantitative estimate of drug-likeness (QED) is 0.761. The van der Waals surface area contributed by atoms with Crippen molar-refractivity contribution in [1.82, 2.24) is 14.8 Å². The molecule has 2 aromatic rings. The number of hydrogen-bond acceptors (Lipinski definition) is 5. The van der Waals surface area contributed by atoms with Crippen molar-refractivity contribution in [3.05, 3.63) is 54.4 Å². The molecule has 0 radical (unpaired) electrons. The van der Waals surface area contributed by atoms with E-state index in [-0.39, 0.29) is 5.91 Å². The minimum Gasteiger partial charge on any atom is -0.385 e. The maximum atomic E-state index is 12.3.